The molecule has 0 spiro atoms. The summed E-state index contributed by atoms with van der Waals surface area (Å²) >= 11 is 0. The van der Waals surface area contributed by atoms with Gasteiger partial charge >= 0.3 is 0 Å². The first kappa shape index (κ1) is 12.0. The Labute approximate surface area is 101 Å². The predicted octanol–water partition coefficient (Wildman–Crippen LogP) is 1.86. The maximum Gasteiger partial charge on any atom is 0.244 e. The molecule has 0 aromatic heterocycles. The minimum atomic E-state index is -1.31. The molecule has 2 rings (SSSR count). The van der Waals surface area contributed by atoms with Crippen molar-refractivity contribution in [3.05, 3.63) is 35.9 Å². The van der Waals surface area contributed by atoms with Gasteiger partial charge in [-0.15, -0.1) is 0 Å². The van der Waals surface area contributed by atoms with Crippen molar-refractivity contribution in [2.75, 3.05) is 7.05 Å². The third-order valence-electron chi connectivity index (χ3n) is 3.35. The molecule has 1 aliphatic rings. The van der Waals surface area contributed by atoms with E-state index < -0.39 is 17.9 Å². The van der Waals surface area contributed by atoms with E-state index in [-0.39, 0.29) is 5.91 Å². The minimum absolute atomic E-state index is 0.202. The van der Waals surface area contributed by atoms with E-state index in [2.05, 4.69) is 5.32 Å². The van der Waals surface area contributed by atoms with Gasteiger partial charge in [0.2, 0.25) is 5.91 Å². The van der Waals surface area contributed by atoms with E-state index in [1.807, 2.05) is 19.9 Å². The molecule has 0 unspecified atom stereocenters. The number of hydrogen-bond donors (Lipinski definition) is 1. The van der Waals surface area contributed by atoms with Gasteiger partial charge in [0.05, 0.1) is 5.66 Å². The van der Waals surface area contributed by atoms with Crippen LogP contribution in [0.25, 0.3) is 0 Å². The molecular weight excluding hydrogens is 219 g/mol. The summed E-state index contributed by atoms with van der Waals surface area (Å²) in [6.07, 6.45) is -1.31. The van der Waals surface area contributed by atoms with Crippen molar-refractivity contribution in [3.63, 3.8) is 0 Å². The van der Waals surface area contributed by atoms with Gasteiger partial charge in [-0.05, 0) is 19.4 Å². The van der Waals surface area contributed by atoms with Gasteiger partial charge in [-0.2, -0.15) is 0 Å². The Morgan fingerprint density at radius 1 is 1.35 bits per heavy atom. The van der Waals surface area contributed by atoms with E-state index >= 15 is 0 Å². The fourth-order valence-electron chi connectivity index (χ4n) is 2.05. The summed E-state index contributed by atoms with van der Waals surface area (Å²) in [6.45, 7) is 3.73. The number of likely N-dealkylation sites (N-methyl/N-ethyl adjacent to an activating group) is 1. The highest BCUT2D eigenvalue weighted by Gasteiger charge is 2.46. The largest absolute Gasteiger partial charge is 0.327 e. The number of nitrogens with one attached hydrogen (secondary N) is 1. The summed E-state index contributed by atoms with van der Waals surface area (Å²) in [5.74, 6) is -0.202. The molecule has 1 amide bonds. The molecule has 1 heterocycles. The number of carbonyl (C=O) groups excluding carboxylic acids is 1. The standard InChI is InChI=1S/C13H17FN2O/c1-13(2)15-11(12(17)16(13)3)10(14)9-7-5-4-6-8-9/h4-8,10-11,15H,1-3H3/t10-,11-/m0/s1. The molecule has 3 nitrogen and oxygen atoms in total. The fourth-order valence-corrected chi connectivity index (χ4v) is 2.05. The average Bonchev–Trinajstić information content (AvgIpc) is 2.53. The van der Waals surface area contributed by atoms with Crippen molar-refractivity contribution in [2.45, 2.75) is 31.7 Å². The van der Waals surface area contributed by atoms with Gasteiger partial charge in [0.1, 0.15) is 12.2 Å². The third kappa shape index (κ3) is 2.05. The smallest absolute Gasteiger partial charge is 0.244 e. The van der Waals surface area contributed by atoms with Crippen molar-refractivity contribution in [1.29, 1.82) is 0 Å². The fraction of sp³-hybridized carbons (Fsp3) is 0.462. The molecule has 2 atom stereocenters. The number of hydrogen-bond acceptors (Lipinski definition) is 2. The first-order valence-electron chi connectivity index (χ1n) is 5.68. The number of carbonyl (C=O) groups is 1. The van der Waals surface area contributed by atoms with Crippen LogP contribution < -0.4 is 5.32 Å². The van der Waals surface area contributed by atoms with Crippen LogP contribution in [0.3, 0.4) is 0 Å². The van der Waals surface area contributed by atoms with E-state index in [9.17, 15) is 9.18 Å². The van der Waals surface area contributed by atoms with Crippen molar-refractivity contribution < 1.29 is 9.18 Å². The number of amides is 1. The molecular formula is C13H17FN2O. The molecule has 1 fully saturated rings. The van der Waals surface area contributed by atoms with Gasteiger partial charge < -0.3 is 4.90 Å². The number of halogens is 1. The minimum Gasteiger partial charge on any atom is -0.327 e. The average molecular weight is 236 g/mol. The molecule has 1 N–H and O–H groups in total. The summed E-state index contributed by atoms with van der Waals surface area (Å²) in [5, 5.41) is 3.03. The van der Waals surface area contributed by atoms with Crippen LogP contribution in [0.2, 0.25) is 0 Å². The van der Waals surface area contributed by atoms with Gasteiger partial charge in [0, 0.05) is 7.05 Å². The molecule has 1 aromatic rings. The predicted molar refractivity (Wildman–Crippen MR) is 64.1 cm³/mol. The molecule has 1 saturated heterocycles. The summed E-state index contributed by atoms with van der Waals surface area (Å²) in [7, 11) is 1.69. The maximum absolute atomic E-state index is 14.3. The van der Waals surface area contributed by atoms with Crippen molar-refractivity contribution in [2.24, 2.45) is 0 Å². The topological polar surface area (TPSA) is 32.3 Å². The zero-order chi connectivity index (χ0) is 12.6. The highest BCUT2D eigenvalue weighted by Crippen LogP contribution is 2.29. The Hall–Kier alpha value is -1.42. The number of benzene rings is 1. The summed E-state index contributed by atoms with van der Waals surface area (Å²) in [4.78, 5) is 13.5. The quantitative estimate of drug-likeness (QED) is 0.850. The highest BCUT2D eigenvalue weighted by atomic mass is 19.1. The van der Waals surface area contributed by atoms with Crippen molar-refractivity contribution in [1.82, 2.24) is 10.2 Å². The van der Waals surface area contributed by atoms with Crippen LogP contribution in [0.4, 0.5) is 4.39 Å². The van der Waals surface area contributed by atoms with Crippen LogP contribution in [0.5, 0.6) is 0 Å². The van der Waals surface area contributed by atoms with Crippen LogP contribution in [-0.2, 0) is 4.79 Å². The second kappa shape index (κ2) is 4.11. The SMILES string of the molecule is CN1C(=O)[C@H]([C@@H](F)c2ccccc2)NC1(C)C. The third-order valence-corrected chi connectivity index (χ3v) is 3.35. The summed E-state index contributed by atoms with van der Waals surface area (Å²) in [6, 6.07) is 7.98. The summed E-state index contributed by atoms with van der Waals surface area (Å²) in [5.41, 5.74) is 0.0328. The van der Waals surface area contributed by atoms with E-state index in [0.29, 0.717) is 5.56 Å². The molecule has 1 aliphatic heterocycles. The molecule has 0 bridgehead atoms. The Morgan fingerprint density at radius 3 is 2.41 bits per heavy atom. The Bertz CT molecular complexity index is 419. The second-order valence-electron chi connectivity index (χ2n) is 4.89. The first-order chi connectivity index (χ1) is 7.93. The van der Waals surface area contributed by atoms with Crippen LogP contribution in [0, 0.1) is 0 Å². The molecule has 0 aliphatic carbocycles. The highest BCUT2D eigenvalue weighted by molar-refractivity contribution is 5.85. The van der Waals surface area contributed by atoms with Gasteiger partial charge in [-0.25, -0.2) is 4.39 Å². The lowest BCUT2D eigenvalue weighted by Crippen LogP contribution is -2.45. The normalized spacial score (nSPS) is 25.1. The molecule has 4 heteroatoms. The Balaban J connectivity index is 2.23. The Kier molecular flexibility index (Phi) is 2.91. The summed E-state index contributed by atoms with van der Waals surface area (Å²) < 4.78 is 14.3. The second-order valence-corrected chi connectivity index (χ2v) is 4.89. The van der Waals surface area contributed by atoms with E-state index in [1.165, 1.54) is 0 Å². The van der Waals surface area contributed by atoms with Gasteiger partial charge in [0.15, 0.2) is 0 Å². The molecule has 17 heavy (non-hydrogen) atoms. The van der Waals surface area contributed by atoms with Crippen LogP contribution >= 0.6 is 0 Å². The van der Waals surface area contributed by atoms with Gasteiger partial charge in [0.25, 0.3) is 0 Å². The zero-order valence-electron chi connectivity index (χ0n) is 10.3. The number of nitrogens with zero attached hydrogens (tertiary/aromatic N) is 1. The zero-order valence-corrected chi connectivity index (χ0v) is 10.3. The van der Waals surface area contributed by atoms with Gasteiger partial charge in [-0.1, -0.05) is 30.3 Å². The van der Waals surface area contributed by atoms with Crippen LogP contribution in [-0.4, -0.2) is 29.6 Å². The van der Waals surface area contributed by atoms with E-state index in [1.54, 1.807) is 36.2 Å². The molecule has 92 valence electrons. The van der Waals surface area contributed by atoms with Crippen LogP contribution in [0.15, 0.2) is 30.3 Å². The Morgan fingerprint density at radius 2 is 1.94 bits per heavy atom. The monoisotopic (exact) mass is 236 g/mol. The maximum atomic E-state index is 14.3. The lowest BCUT2D eigenvalue weighted by Gasteiger charge is -2.27. The van der Waals surface area contributed by atoms with E-state index in [0.717, 1.165) is 0 Å². The molecule has 1 aromatic carbocycles. The van der Waals surface area contributed by atoms with Crippen molar-refractivity contribution >= 4 is 5.91 Å². The first-order valence-corrected chi connectivity index (χ1v) is 5.68. The van der Waals surface area contributed by atoms with Crippen LogP contribution in [0.1, 0.15) is 25.6 Å². The lowest BCUT2D eigenvalue weighted by atomic mass is 10.0. The van der Waals surface area contributed by atoms with Crippen molar-refractivity contribution in [3.8, 4) is 0 Å². The molecule has 0 saturated carbocycles. The number of rotatable bonds is 2. The van der Waals surface area contributed by atoms with Gasteiger partial charge in [-0.3, -0.25) is 10.1 Å². The molecule has 0 radical (unpaired) electrons. The lowest BCUT2D eigenvalue weighted by molar-refractivity contribution is -0.131. The number of alkyl halides is 1. The van der Waals surface area contributed by atoms with E-state index in [4.69, 9.17) is 0 Å².